The quantitative estimate of drug-likeness (QED) is 0.775. The molecule has 24 heavy (non-hydrogen) atoms. The summed E-state index contributed by atoms with van der Waals surface area (Å²) in [4.78, 5) is 31.6. The van der Waals surface area contributed by atoms with Gasteiger partial charge < -0.3 is 14.4 Å². The monoisotopic (exact) mass is 332 g/mol. The van der Waals surface area contributed by atoms with Gasteiger partial charge >= 0.3 is 5.97 Å². The molecule has 0 unspecified atom stereocenters. The summed E-state index contributed by atoms with van der Waals surface area (Å²) in [5.41, 5.74) is -0.0133. The maximum absolute atomic E-state index is 13.1. The first-order valence-electron chi connectivity index (χ1n) is 8.57. The Bertz CT molecular complexity index is 648. The van der Waals surface area contributed by atoms with Crippen molar-refractivity contribution in [2.24, 2.45) is 5.41 Å². The highest BCUT2D eigenvalue weighted by atomic mass is 16.5. The lowest BCUT2D eigenvalue weighted by atomic mass is 9.72. The molecule has 2 fully saturated rings. The number of carbonyl (C=O) groups is 2. The molecule has 2 aliphatic heterocycles. The highest BCUT2D eigenvalue weighted by Gasteiger charge is 2.61. The first-order valence-corrected chi connectivity index (χ1v) is 8.57. The number of fused-ring (bicyclic) bond motifs is 2. The van der Waals surface area contributed by atoms with Gasteiger partial charge in [-0.15, -0.1) is 0 Å². The van der Waals surface area contributed by atoms with Gasteiger partial charge in [0.15, 0.2) is 0 Å². The van der Waals surface area contributed by atoms with E-state index >= 15 is 0 Å². The van der Waals surface area contributed by atoms with Gasteiger partial charge in [0, 0.05) is 29.9 Å². The van der Waals surface area contributed by atoms with Crippen LogP contribution in [0.4, 0.5) is 0 Å². The van der Waals surface area contributed by atoms with E-state index in [1.807, 2.05) is 18.7 Å². The number of pyridine rings is 1. The Morgan fingerprint density at radius 2 is 2.17 bits per heavy atom. The van der Waals surface area contributed by atoms with E-state index in [1.165, 1.54) is 7.11 Å². The first kappa shape index (κ1) is 16.7. The largest absolute Gasteiger partial charge is 0.481 e. The smallest absolute Gasteiger partial charge is 0.314 e. The molecular weight excluding hydrogens is 308 g/mol. The molecule has 130 valence electrons. The van der Waals surface area contributed by atoms with Crippen molar-refractivity contribution >= 4 is 11.9 Å². The normalized spacial score (nSPS) is 28.0. The molecule has 6 nitrogen and oxygen atoms in total. The molecule has 0 N–H and O–H groups in total. The third-order valence-corrected chi connectivity index (χ3v) is 5.48. The lowest BCUT2D eigenvalue weighted by Crippen LogP contribution is -2.45. The van der Waals surface area contributed by atoms with E-state index in [4.69, 9.17) is 9.47 Å². The lowest BCUT2D eigenvalue weighted by molar-refractivity contribution is -0.157. The molecule has 0 aromatic carbocycles. The number of carbonyl (C=O) groups excluding carboxylic acids is 2. The molecule has 3 atom stereocenters. The fourth-order valence-corrected chi connectivity index (χ4v) is 4.31. The fraction of sp³-hybridized carbons (Fsp3) is 0.611. The van der Waals surface area contributed by atoms with Crippen molar-refractivity contribution < 1.29 is 19.1 Å². The fourth-order valence-electron chi connectivity index (χ4n) is 4.31. The van der Waals surface area contributed by atoms with Gasteiger partial charge in [0.1, 0.15) is 0 Å². The standard InChI is InChI=1S/C18H24N2O4/c1-4-18(17(22)24-5-2)11-13-6-7-14(18)20(13)16(21)12-8-9-19-15(10-12)23-3/h8-10,13-14H,4-7,11H2,1-3H3/t13-,14+,18+/m1/s1. The average Bonchev–Trinajstić information content (AvgIpc) is 3.17. The Labute approximate surface area is 142 Å². The van der Waals surface area contributed by atoms with Gasteiger partial charge in [0.25, 0.3) is 5.91 Å². The van der Waals surface area contributed by atoms with Crippen molar-refractivity contribution in [3.63, 3.8) is 0 Å². The topological polar surface area (TPSA) is 68.7 Å². The van der Waals surface area contributed by atoms with E-state index in [0.717, 1.165) is 12.8 Å². The van der Waals surface area contributed by atoms with Crippen molar-refractivity contribution in [3.8, 4) is 5.88 Å². The molecular formula is C18H24N2O4. The second kappa shape index (κ2) is 6.42. The van der Waals surface area contributed by atoms with Crippen molar-refractivity contribution in [2.75, 3.05) is 13.7 Å². The Morgan fingerprint density at radius 3 is 2.83 bits per heavy atom. The van der Waals surface area contributed by atoms with Gasteiger partial charge in [-0.25, -0.2) is 4.98 Å². The second-order valence-corrected chi connectivity index (χ2v) is 6.48. The van der Waals surface area contributed by atoms with Crippen LogP contribution in [0.25, 0.3) is 0 Å². The molecule has 3 heterocycles. The molecule has 1 aromatic rings. The zero-order valence-electron chi connectivity index (χ0n) is 14.4. The summed E-state index contributed by atoms with van der Waals surface area (Å²) in [6.07, 6.45) is 4.75. The summed E-state index contributed by atoms with van der Waals surface area (Å²) in [6, 6.07) is 3.36. The van der Waals surface area contributed by atoms with Crippen LogP contribution in [0.2, 0.25) is 0 Å². The Hall–Kier alpha value is -2.11. The number of aromatic nitrogens is 1. The molecule has 2 aliphatic rings. The zero-order chi connectivity index (χ0) is 17.3. The van der Waals surface area contributed by atoms with Crippen LogP contribution in [0.5, 0.6) is 5.88 Å². The van der Waals surface area contributed by atoms with Gasteiger partial charge in [-0.3, -0.25) is 9.59 Å². The minimum absolute atomic E-state index is 0.0529. The lowest BCUT2D eigenvalue weighted by Gasteiger charge is -2.34. The van der Waals surface area contributed by atoms with Crippen molar-refractivity contribution in [1.82, 2.24) is 9.88 Å². The number of methoxy groups -OCH3 is 1. The zero-order valence-corrected chi connectivity index (χ0v) is 14.4. The molecule has 0 saturated carbocycles. The first-order chi connectivity index (χ1) is 11.6. The number of esters is 1. The van der Waals surface area contributed by atoms with Crippen LogP contribution in [0.3, 0.4) is 0 Å². The molecule has 1 aromatic heterocycles. The van der Waals surface area contributed by atoms with Crippen molar-refractivity contribution in [1.29, 1.82) is 0 Å². The number of nitrogens with zero attached hydrogens (tertiary/aromatic N) is 2. The third kappa shape index (κ3) is 2.44. The van der Waals surface area contributed by atoms with E-state index in [1.54, 1.807) is 18.3 Å². The average molecular weight is 332 g/mol. The summed E-state index contributed by atoms with van der Waals surface area (Å²) >= 11 is 0. The molecule has 0 radical (unpaired) electrons. The third-order valence-electron chi connectivity index (χ3n) is 5.48. The number of ether oxygens (including phenoxy) is 2. The second-order valence-electron chi connectivity index (χ2n) is 6.48. The highest BCUT2D eigenvalue weighted by Crippen LogP contribution is 2.52. The number of hydrogen-bond acceptors (Lipinski definition) is 5. The number of hydrogen-bond donors (Lipinski definition) is 0. The van der Waals surface area contributed by atoms with Gasteiger partial charge in [-0.2, -0.15) is 0 Å². The summed E-state index contributed by atoms with van der Waals surface area (Å²) in [6.45, 7) is 4.20. The highest BCUT2D eigenvalue weighted by molar-refractivity contribution is 5.96. The van der Waals surface area contributed by atoms with Crippen molar-refractivity contribution in [2.45, 2.75) is 51.6 Å². The molecule has 6 heteroatoms. The Balaban J connectivity index is 1.89. The summed E-state index contributed by atoms with van der Waals surface area (Å²) < 4.78 is 10.4. The number of amides is 1. The van der Waals surface area contributed by atoms with Crippen LogP contribution in [0, 0.1) is 5.41 Å². The minimum Gasteiger partial charge on any atom is -0.481 e. The van der Waals surface area contributed by atoms with Crippen LogP contribution in [0.1, 0.15) is 49.9 Å². The Morgan fingerprint density at radius 1 is 1.38 bits per heavy atom. The maximum Gasteiger partial charge on any atom is 0.314 e. The molecule has 3 rings (SSSR count). The predicted molar refractivity (Wildman–Crippen MR) is 87.7 cm³/mol. The maximum atomic E-state index is 13.1. The van der Waals surface area contributed by atoms with E-state index in [-0.39, 0.29) is 24.0 Å². The number of rotatable bonds is 5. The van der Waals surface area contributed by atoms with Gasteiger partial charge in [0.2, 0.25) is 5.88 Å². The van der Waals surface area contributed by atoms with Gasteiger partial charge in [-0.05, 0) is 38.7 Å². The van der Waals surface area contributed by atoms with Crippen LogP contribution >= 0.6 is 0 Å². The van der Waals surface area contributed by atoms with Gasteiger partial charge in [0.05, 0.1) is 19.1 Å². The Kier molecular flexibility index (Phi) is 4.47. The van der Waals surface area contributed by atoms with E-state index in [0.29, 0.717) is 30.9 Å². The molecule has 2 saturated heterocycles. The summed E-state index contributed by atoms with van der Waals surface area (Å²) in [7, 11) is 1.53. The van der Waals surface area contributed by atoms with Crippen molar-refractivity contribution in [3.05, 3.63) is 23.9 Å². The van der Waals surface area contributed by atoms with E-state index < -0.39 is 5.41 Å². The van der Waals surface area contributed by atoms with E-state index in [9.17, 15) is 9.59 Å². The van der Waals surface area contributed by atoms with Crippen LogP contribution in [0.15, 0.2) is 18.3 Å². The van der Waals surface area contributed by atoms with Gasteiger partial charge in [-0.1, -0.05) is 6.92 Å². The molecule has 1 amide bonds. The summed E-state index contributed by atoms with van der Waals surface area (Å²) in [5, 5.41) is 0. The molecule has 0 spiro atoms. The summed E-state index contributed by atoms with van der Waals surface area (Å²) in [5.74, 6) is 0.201. The van der Waals surface area contributed by atoms with E-state index in [2.05, 4.69) is 4.98 Å². The van der Waals surface area contributed by atoms with Crippen LogP contribution in [-0.4, -0.2) is 47.6 Å². The SMILES string of the molecule is CCOC(=O)[C@@]1(CC)C[C@H]2CC[C@@H]1N2C(=O)c1ccnc(OC)c1. The molecule has 0 aliphatic carbocycles. The predicted octanol–water partition coefficient (Wildman–Crippen LogP) is 2.43. The van der Waals surface area contributed by atoms with Crippen LogP contribution < -0.4 is 4.74 Å². The van der Waals surface area contributed by atoms with Crippen LogP contribution in [-0.2, 0) is 9.53 Å². The minimum atomic E-state index is -0.564. The molecule has 2 bridgehead atoms.